The van der Waals surface area contributed by atoms with E-state index in [1.54, 1.807) is 0 Å². The first-order valence-electron chi connectivity index (χ1n) is 1.01. The Kier molecular flexibility index (Phi) is 3.09. The molecule has 0 saturated heterocycles. The Morgan fingerprint density at radius 3 is 2.25 bits per heavy atom. The largest absolute Gasteiger partial charge is 0.483 e. The van der Waals surface area contributed by atoms with Crippen LogP contribution < -0.4 is 0 Å². The Bertz CT molecular complexity index is 6.00. The van der Waals surface area contributed by atoms with Gasteiger partial charge in [-0.25, -0.2) is 0 Å². The first-order valence-corrected chi connectivity index (χ1v) is 1.01. The molecule has 0 radical (unpaired) electrons. The van der Waals surface area contributed by atoms with E-state index in [4.69, 9.17) is 5.02 Å². The molecule has 0 aromatic heterocycles. The van der Waals surface area contributed by atoms with Gasteiger partial charge in [-0.2, -0.15) is 0 Å². The average molecular weight is 57.7 g/mol. The first kappa shape index (κ1) is 4.05. The summed E-state index contributed by atoms with van der Waals surface area (Å²) < 4.78 is 4.10. The molecule has 0 spiro atoms. The minimum atomic E-state index is -0.181. The maximum atomic E-state index is 7.65. The lowest BCUT2D eigenvalue weighted by Crippen LogP contribution is -1.88. The minimum Gasteiger partial charge on any atom is -0.483 e. The van der Waals surface area contributed by atoms with Gasteiger partial charge in [-0.15, -0.1) is 0 Å². The van der Waals surface area contributed by atoms with E-state index in [2.05, 4.69) is 4.57 Å². The van der Waals surface area contributed by atoms with Crippen molar-refractivity contribution >= 4 is 15.7 Å². The second-order valence-electron chi connectivity index (χ2n) is 0.418. The Balaban J connectivity index is 1.97. The SMILES string of the molecule is BOBO. The fraction of sp³-hybridized carbons (Fsp3) is 0. The van der Waals surface area contributed by atoms with Crippen molar-refractivity contribution in [1.82, 2.24) is 0 Å². The van der Waals surface area contributed by atoms with Crippen LogP contribution in [0, 0.1) is 0 Å². The Morgan fingerprint density at radius 2 is 2.25 bits per heavy atom. The van der Waals surface area contributed by atoms with Gasteiger partial charge in [0.15, 0.2) is 0 Å². The summed E-state index contributed by atoms with van der Waals surface area (Å²) in [6, 6.07) is 0. The minimum absolute atomic E-state index is 0.181. The van der Waals surface area contributed by atoms with Gasteiger partial charge >= 0.3 is 7.69 Å². The Labute approximate surface area is 26.5 Å². The van der Waals surface area contributed by atoms with E-state index in [9.17, 15) is 0 Å². The predicted molar refractivity (Wildman–Crippen MR) is 19.0 cm³/mol. The molecule has 4 heavy (non-hydrogen) atoms. The molecule has 0 fully saturated rings. The summed E-state index contributed by atoms with van der Waals surface area (Å²) in [7, 11) is 1.25. The third kappa shape index (κ3) is 2.05. The maximum Gasteiger partial charge on any atom is 0.419 e. The van der Waals surface area contributed by atoms with Crippen LogP contribution >= 0.6 is 0 Å². The molecule has 0 rings (SSSR count). The summed E-state index contributed by atoms with van der Waals surface area (Å²) >= 11 is 0. The summed E-state index contributed by atoms with van der Waals surface area (Å²) in [6.07, 6.45) is 0. The van der Waals surface area contributed by atoms with Crippen LogP contribution in [0.1, 0.15) is 0 Å². The molecule has 0 saturated carbocycles. The van der Waals surface area contributed by atoms with Crippen LogP contribution in [0.4, 0.5) is 0 Å². The average Bonchev–Trinajstić information content (AvgIpc) is 1.37. The van der Waals surface area contributed by atoms with Crippen molar-refractivity contribution in [2.45, 2.75) is 0 Å². The maximum absolute atomic E-state index is 7.65. The second kappa shape index (κ2) is 3.05. The van der Waals surface area contributed by atoms with E-state index in [0.717, 1.165) is 0 Å². The Hall–Kier alpha value is 0.0499. The fourth-order valence-corrected chi connectivity index (χ4v) is 0. The van der Waals surface area contributed by atoms with Crippen molar-refractivity contribution in [2.24, 2.45) is 0 Å². The molecule has 0 aromatic carbocycles. The summed E-state index contributed by atoms with van der Waals surface area (Å²) in [6.45, 7) is 0. The van der Waals surface area contributed by atoms with Gasteiger partial charge in [-0.05, 0) is 0 Å². The van der Waals surface area contributed by atoms with E-state index >= 15 is 0 Å². The summed E-state index contributed by atoms with van der Waals surface area (Å²) in [5, 5.41) is 7.65. The Morgan fingerprint density at radius 1 is 2.00 bits per heavy atom. The van der Waals surface area contributed by atoms with Gasteiger partial charge in [-0.1, -0.05) is 0 Å². The van der Waals surface area contributed by atoms with Crippen molar-refractivity contribution < 1.29 is 9.60 Å². The molecule has 0 heterocycles. The van der Waals surface area contributed by atoms with Gasteiger partial charge in [0.2, 0.25) is 8.05 Å². The van der Waals surface area contributed by atoms with Crippen molar-refractivity contribution in [3.63, 3.8) is 0 Å². The molecule has 1 N–H and O–H groups in total. The van der Waals surface area contributed by atoms with Crippen LogP contribution in [0.5, 0.6) is 0 Å². The summed E-state index contributed by atoms with van der Waals surface area (Å²) in [5.41, 5.74) is 0. The molecule has 0 aliphatic heterocycles. The third-order valence-corrected chi connectivity index (χ3v) is 0.129. The molecular weight excluding hydrogens is 53.6 g/mol. The molecule has 0 unspecified atom stereocenters. The number of rotatable bonds is 1. The monoisotopic (exact) mass is 58.0 g/mol. The van der Waals surface area contributed by atoms with Crippen LogP contribution in [-0.2, 0) is 4.57 Å². The summed E-state index contributed by atoms with van der Waals surface area (Å²) in [4.78, 5) is 0. The van der Waals surface area contributed by atoms with Gasteiger partial charge in [0.05, 0.1) is 0 Å². The number of hydrogen-bond acceptors (Lipinski definition) is 2. The quantitative estimate of drug-likeness (QED) is 0.347. The topological polar surface area (TPSA) is 29.5 Å². The highest BCUT2D eigenvalue weighted by Gasteiger charge is 1.63. The molecule has 22 valence electrons. The van der Waals surface area contributed by atoms with Crippen LogP contribution in [-0.4, -0.2) is 20.8 Å². The highest BCUT2D eigenvalue weighted by atomic mass is 16.5. The van der Waals surface area contributed by atoms with Gasteiger partial charge in [-0.3, -0.25) is 0 Å². The van der Waals surface area contributed by atoms with Crippen LogP contribution in [0.15, 0.2) is 0 Å². The lowest BCUT2D eigenvalue weighted by atomic mass is 10.3. The van der Waals surface area contributed by atoms with E-state index in [1.807, 2.05) is 0 Å². The lowest BCUT2D eigenvalue weighted by molar-refractivity contribution is 0.478. The van der Waals surface area contributed by atoms with Crippen molar-refractivity contribution in [3.05, 3.63) is 0 Å². The molecule has 0 amide bonds. The fourth-order valence-electron chi connectivity index (χ4n) is 0. The van der Waals surface area contributed by atoms with E-state index < -0.39 is 0 Å². The predicted octanol–water partition coefficient (Wildman–Crippen LogP) is -2.19. The van der Waals surface area contributed by atoms with Crippen molar-refractivity contribution in [2.75, 3.05) is 0 Å². The number of hydrogen-bond donors (Lipinski definition) is 1. The molecule has 0 bridgehead atoms. The molecule has 0 atom stereocenters. The second-order valence-corrected chi connectivity index (χ2v) is 0.418. The van der Waals surface area contributed by atoms with Crippen molar-refractivity contribution in [3.8, 4) is 0 Å². The zero-order valence-electron chi connectivity index (χ0n) is 2.56. The van der Waals surface area contributed by atoms with Crippen LogP contribution in [0.2, 0.25) is 0 Å². The standard InChI is InChI=1S/B2H4O2/c1-4-2-3/h2-3H,1H2. The summed E-state index contributed by atoms with van der Waals surface area (Å²) in [5.74, 6) is 0. The third-order valence-electron chi connectivity index (χ3n) is 0.129. The van der Waals surface area contributed by atoms with Gasteiger partial charge in [0, 0.05) is 0 Å². The van der Waals surface area contributed by atoms with Gasteiger partial charge in [0.1, 0.15) is 0 Å². The molecule has 4 heteroatoms. The highest BCUT2D eigenvalue weighted by molar-refractivity contribution is 6.25. The lowest BCUT2D eigenvalue weighted by Gasteiger charge is -1.72. The zero-order chi connectivity index (χ0) is 3.41. The molecule has 2 nitrogen and oxygen atoms in total. The van der Waals surface area contributed by atoms with Crippen molar-refractivity contribution in [1.29, 1.82) is 0 Å². The smallest absolute Gasteiger partial charge is 0.419 e. The van der Waals surface area contributed by atoms with Gasteiger partial charge < -0.3 is 9.60 Å². The van der Waals surface area contributed by atoms with Crippen LogP contribution in [0.25, 0.3) is 0 Å². The molecule has 0 aliphatic rings. The molecule has 0 aromatic rings. The van der Waals surface area contributed by atoms with E-state index in [1.165, 1.54) is 8.05 Å². The highest BCUT2D eigenvalue weighted by Crippen LogP contribution is 1.37. The zero-order valence-corrected chi connectivity index (χ0v) is 2.56. The van der Waals surface area contributed by atoms with Gasteiger partial charge in [0.25, 0.3) is 0 Å². The van der Waals surface area contributed by atoms with E-state index in [-0.39, 0.29) is 7.69 Å². The normalized spacial score (nSPS) is 6.25. The first-order chi connectivity index (χ1) is 1.91. The molecule has 0 aliphatic carbocycles. The van der Waals surface area contributed by atoms with E-state index in [0.29, 0.717) is 0 Å². The molecular formula is H4B2O2. The van der Waals surface area contributed by atoms with Crippen LogP contribution in [0.3, 0.4) is 0 Å².